The van der Waals surface area contributed by atoms with Gasteiger partial charge in [0.15, 0.2) is 0 Å². The van der Waals surface area contributed by atoms with E-state index in [-0.39, 0.29) is 0 Å². The van der Waals surface area contributed by atoms with Crippen LogP contribution in [0.2, 0.25) is 0 Å². The van der Waals surface area contributed by atoms with Crippen LogP contribution >= 0.6 is 0 Å². The summed E-state index contributed by atoms with van der Waals surface area (Å²) in [5.74, 6) is -19.0. The Kier molecular flexibility index (Phi) is 7.57. The molecule has 0 saturated heterocycles. The molecule has 12 heteroatoms. The van der Waals surface area contributed by atoms with Gasteiger partial charge >= 0.3 is 23.9 Å². The van der Waals surface area contributed by atoms with Crippen LogP contribution in [0, 0.1) is 0 Å². The second-order valence-electron chi connectivity index (χ2n) is 6.26. The van der Waals surface area contributed by atoms with Crippen LogP contribution in [-0.4, -0.2) is 33.7 Å². The van der Waals surface area contributed by atoms with Gasteiger partial charge in [0.2, 0.25) is 6.33 Å². The summed E-state index contributed by atoms with van der Waals surface area (Å²) in [4.78, 5) is 0. The fourth-order valence-electron chi connectivity index (χ4n) is 2.31. The predicted octanol–water partition coefficient (Wildman–Crippen LogP) is 5.00. The highest BCUT2D eigenvalue weighted by Crippen LogP contribution is 2.53. The lowest BCUT2D eigenvalue weighted by Crippen LogP contribution is -2.61. The van der Waals surface area contributed by atoms with Crippen LogP contribution in [0.3, 0.4) is 0 Å². The van der Waals surface area contributed by atoms with Gasteiger partial charge in [-0.25, -0.2) is 4.57 Å². The molecule has 0 bridgehead atoms. The number of rotatable bonds is 11. The summed E-state index contributed by atoms with van der Waals surface area (Å²) in [6, 6.07) is 0. The van der Waals surface area contributed by atoms with Crippen molar-refractivity contribution in [1.82, 2.24) is 9.78 Å². The van der Waals surface area contributed by atoms with Crippen molar-refractivity contribution in [2.45, 2.75) is 82.5 Å². The lowest BCUT2D eigenvalue weighted by Gasteiger charge is -2.33. The van der Waals surface area contributed by atoms with Crippen molar-refractivity contribution in [2.75, 3.05) is 0 Å². The smallest absolute Gasteiger partial charge is 0.237 e. The number of unbranched alkanes of at least 4 members (excludes halogenated alkanes) is 4. The van der Waals surface area contributed by atoms with Crippen molar-refractivity contribution in [3.63, 3.8) is 0 Å². The topological polar surface area (TPSA) is 21.7 Å². The molecular formula is C15H21F9N3+. The second kappa shape index (κ2) is 8.68. The van der Waals surface area contributed by atoms with Crippen LogP contribution in [0.15, 0.2) is 12.7 Å². The Hall–Kier alpha value is -1.49. The van der Waals surface area contributed by atoms with Gasteiger partial charge in [-0.3, -0.25) is 0 Å². The van der Waals surface area contributed by atoms with E-state index in [1.54, 1.807) is 0 Å². The molecule has 158 valence electrons. The van der Waals surface area contributed by atoms with Crippen LogP contribution in [0.5, 0.6) is 0 Å². The maximum atomic E-state index is 13.5. The standard InChI is InChI=1S/C15H21F9N3/c1-2-3-4-5-6-8-27-11-26(10-25-27)9-7-12(16,17)13(18,19)14(20,21)15(22,23)24/h10-11H,2-9H2,1H3/q+1. The van der Waals surface area contributed by atoms with Gasteiger partial charge in [-0.1, -0.05) is 32.6 Å². The van der Waals surface area contributed by atoms with E-state index in [0.29, 0.717) is 6.54 Å². The summed E-state index contributed by atoms with van der Waals surface area (Å²) in [6.07, 6.45) is -1.71. The van der Waals surface area contributed by atoms with Gasteiger partial charge in [0.1, 0.15) is 6.54 Å². The molecule has 27 heavy (non-hydrogen) atoms. The summed E-state index contributed by atoms with van der Waals surface area (Å²) in [7, 11) is 0. The molecule has 0 N–H and O–H groups in total. The Balaban J connectivity index is 2.66. The van der Waals surface area contributed by atoms with Crippen LogP contribution in [0.25, 0.3) is 0 Å². The molecule has 0 unspecified atom stereocenters. The molecule has 0 aliphatic rings. The SMILES string of the molecule is CCCCCCCn1c[n+](CCC(F)(F)C(F)(F)C(F)(F)C(F)(F)F)cn1. The molecule has 0 fully saturated rings. The molecule has 0 aromatic carbocycles. The number of halogens is 9. The minimum atomic E-state index is -6.85. The van der Waals surface area contributed by atoms with Crippen molar-refractivity contribution >= 4 is 0 Å². The van der Waals surface area contributed by atoms with Crippen molar-refractivity contribution in [1.29, 1.82) is 0 Å². The van der Waals surface area contributed by atoms with E-state index in [2.05, 4.69) is 5.10 Å². The minimum absolute atomic E-state index is 0.440. The molecular weight excluding hydrogens is 393 g/mol. The van der Waals surface area contributed by atoms with E-state index in [1.165, 1.54) is 11.0 Å². The third-order valence-corrected chi connectivity index (χ3v) is 4.01. The molecule has 1 aromatic rings. The van der Waals surface area contributed by atoms with E-state index in [9.17, 15) is 39.5 Å². The van der Waals surface area contributed by atoms with Crippen LogP contribution < -0.4 is 4.57 Å². The van der Waals surface area contributed by atoms with E-state index < -0.39 is 36.9 Å². The minimum Gasteiger partial charge on any atom is -0.237 e. The van der Waals surface area contributed by atoms with Crippen LogP contribution in [-0.2, 0) is 13.1 Å². The van der Waals surface area contributed by atoms with E-state index >= 15 is 0 Å². The number of aryl methyl sites for hydroxylation is 2. The van der Waals surface area contributed by atoms with E-state index in [4.69, 9.17) is 0 Å². The lowest BCUT2D eigenvalue weighted by atomic mass is 10.0. The van der Waals surface area contributed by atoms with Crippen molar-refractivity contribution in [3.8, 4) is 0 Å². The van der Waals surface area contributed by atoms with Gasteiger partial charge in [0.25, 0.3) is 6.33 Å². The Bertz CT molecular complexity index is 581. The van der Waals surface area contributed by atoms with Crippen molar-refractivity contribution in [2.24, 2.45) is 0 Å². The third kappa shape index (κ3) is 5.50. The fourth-order valence-corrected chi connectivity index (χ4v) is 2.31. The average molecular weight is 414 g/mol. The van der Waals surface area contributed by atoms with E-state index in [0.717, 1.165) is 43.0 Å². The van der Waals surface area contributed by atoms with E-state index in [1.807, 2.05) is 6.92 Å². The highest BCUT2D eigenvalue weighted by Gasteiger charge is 2.81. The van der Waals surface area contributed by atoms with Crippen LogP contribution in [0.4, 0.5) is 39.5 Å². The first kappa shape index (κ1) is 23.5. The first-order valence-electron chi connectivity index (χ1n) is 8.38. The average Bonchev–Trinajstić information content (AvgIpc) is 2.99. The molecule has 1 heterocycles. The Morgan fingerprint density at radius 2 is 1.44 bits per heavy atom. The molecule has 3 nitrogen and oxygen atoms in total. The number of nitrogens with zero attached hydrogens (tertiary/aromatic N) is 3. The van der Waals surface area contributed by atoms with Gasteiger partial charge in [-0.15, -0.1) is 4.68 Å². The molecule has 0 aliphatic heterocycles. The Labute approximate surface area is 150 Å². The van der Waals surface area contributed by atoms with Gasteiger partial charge in [-0.05, 0) is 6.42 Å². The lowest BCUT2D eigenvalue weighted by molar-refractivity contribution is -0.701. The summed E-state index contributed by atoms with van der Waals surface area (Å²) >= 11 is 0. The summed E-state index contributed by atoms with van der Waals surface area (Å²) in [6.45, 7) is 1.59. The summed E-state index contributed by atoms with van der Waals surface area (Å²) in [5, 5.41) is 3.80. The molecule has 1 rings (SSSR count). The second-order valence-corrected chi connectivity index (χ2v) is 6.26. The normalized spacial score (nSPS) is 14.0. The highest BCUT2D eigenvalue weighted by atomic mass is 19.4. The monoisotopic (exact) mass is 414 g/mol. The summed E-state index contributed by atoms with van der Waals surface area (Å²) in [5.41, 5.74) is 0. The number of hydrogen-bond donors (Lipinski definition) is 0. The number of hydrogen-bond acceptors (Lipinski definition) is 1. The first-order chi connectivity index (χ1) is 12.3. The molecule has 0 aliphatic carbocycles. The molecule has 0 atom stereocenters. The van der Waals surface area contributed by atoms with Crippen molar-refractivity contribution in [3.05, 3.63) is 12.7 Å². The molecule has 1 aromatic heterocycles. The van der Waals surface area contributed by atoms with Gasteiger partial charge in [0, 0.05) is 11.5 Å². The zero-order valence-corrected chi connectivity index (χ0v) is 14.6. The molecule has 0 saturated carbocycles. The van der Waals surface area contributed by atoms with Gasteiger partial charge in [-0.2, -0.15) is 39.5 Å². The zero-order valence-electron chi connectivity index (χ0n) is 14.6. The van der Waals surface area contributed by atoms with Gasteiger partial charge in [0.05, 0.1) is 6.54 Å². The molecule has 0 amide bonds. The zero-order chi connectivity index (χ0) is 20.9. The Morgan fingerprint density at radius 3 is 2.00 bits per heavy atom. The molecule has 0 spiro atoms. The quantitative estimate of drug-likeness (QED) is 0.284. The largest absolute Gasteiger partial charge is 0.460 e. The van der Waals surface area contributed by atoms with Crippen molar-refractivity contribution < 1.29 is 44.1 Å². The van der Waals surface area contributed by atoms with Gasteiger partial charge < -0.3 is 0 Å². The first-order valence-corrected chi connectivity index (χ1v) is 8.38. The number of alkyl halides is 9. The number of aromatic nitrogens is 3. The Morgan fingerprint density at radius 1 is 0.852 bits per heavy atom. The summed E-state index contributed by atoms with van der Waals surface area (Å²) < 4.78 is 117. The maximum Gasteiger partial charge on any atom is 0.460 e. The highest BCUT2D eigenvalue weighted by molar-refractivity contribution is 4.99. The predicted molar refractivity (Wildman–Crippen MR) is 76.7 cm³/mol. The maximum absolute atomic E-state index is 13.5. The molecule has 0 radical (unpaired) electrons. The van der Waals surface area contributed by atoms with Crippen LogP contribution in [0.1, 0.15) is 45.4 Å². The third-order valence-electron chi connectivity index (χ3n) is 4.01. The fraction of sp³-hybridized carbons (Fsp3) is 0.867.